The summed E-state index contributed by atoms with van der Waals surface area (Å²) in [5.74, 6) is -1.16. The lowest BCUT2D eigenvalue weighted by Gasteiger charge is -2.29. The summed E-state index contributed by atoms with van der Waals surface area (Å²) < 4.78 is 0. The molecule has 0 aromatic rings. The molecule has 1 fully saturated rings. The number of hydrogen-bond donors (Lipinski definition) is 1. The Morgan fingerprint density at radius 2 is 1.69 bits per heavy atom. The number of amides is 4. The van der Waals surface area contributed by atoms with Gasteiger partial charge in [-0.3, -0.25) is 19.8 Å². The van der Waals surface area contributed by atoms with Gasteiger partial charge in [0.2, 0.25) is 0 Å². The van der Waals surface area contributed by atoms with E-state index in [4.69, 9.17) is 0 Å². The molecule has 1 N–H and O–H groups in total. The van der Waals surface area contributed by atoms with Crippen molar-refractivity contribution >= 4 is 17.8 Å². The lowest BCUT2D eigenvalue weighted by atomic mass is 10.1. The average Bonchev–Trinajstić information content (AvgIpc) is 2.19. The van der Waals surface area contributed by atoms with Crippen molar-refractivity contribution in [1.29, 1.82) is 0 Å². The van der Waals surface area contributed by atoms with E-state index < -0.39 is 17.8 Å². The molecule has 0 saturated carbocycles. The van der Waals surface area contributed by atoms with Crippen molar-refractivity contribution in [1.82, 2.24) is 10.2 Å². The molecule has 4 amide bonds. The predicted molar refractivity (Wildman–Crippen MR) is 60.6 cm³/mol. The molecule has 0 aliphatic carbocycles. The van der Waals surface area contributed by atoms with Crippen LogP contribution in [0.25, 0.3) is 0 Å². The minimum absolute atomic E-state index is 0.0123. The monoisotopic (exact) mass is 226 g/mol. The van der Waals surface area contributed by atoms with Crippen LogP contribution >= 0.6 is 0 Å². The minimum atomic E-state index is -0.652. The average molecular weight is 226 g/mol. The van der Waals surface area contributed by atoms with E-state index >= 15 is 0 Å². The van der Waals surface area contributed by atoms with Gasteiger partial charge in [-0.2, -0.15) is 0 Å². The van der Waals surface area contributed by atoms with Crippen LogP contribution in [0.3, 0.4) is 0 Å². The number of nitrogens with zero attached hydrogens (tertiary/aromatic N) is 1. The van der Waals surface area contributed by atoms with Gasteiger partial charge in [0.05, 0.1) is 0 Å². The predicted octanol–water partition coefficient (Wildman–Crippen LogP) is 1.45. The van der Waals surface area contributed by atoms with E-state index in [2.05, 4.69) is 5.32 Å². The highest BCUT2D eigenvalue weighted by Gasteiger charge is 2.36. The van der Waals surface area contributed by atoms with E-state index in [1.807, 2.05) is 13.8 Å². The van der Waals surface area contributed by atoms with Gasteiger partial charge in [0.25, 0.3) is 11.8 Å². The Morgan fingerprint density at radius 3 is 2.06 bits per heavy atom. The molecular formula is C11H18N2O3. The van der Waals surface area contributed by atoms with Crippen LogP contribution in [0.5, 0.6) is 0 Å². The molecule has 1 heterocycles. The second kappa shape index (κ2) is 6.05. The van der Waals surface area contributed by atoms with Crippen LogP contribution in [0.4, 0.5) is 4.79 Å². The number of rotatable bonds is 1. The van der Waals surface area contributed by atoms with E-state index in [0.717, 1.165) is 4.90 Å². The first-order valence-corrected chi connectivity index (χ1v) is 5.34. The maximum atomic E-state index is 11.6. The number of barbiturate groups is 1. The van der Waals surface area contributed by atoms with E-state index in [-0.39, 0.29) is 11.6 Å². The summed E-state index contributed by atoms with van der Waals surface area (Å²) >= 11 is 0. The quantitative estimate of drug-likeness (QED) is 0.543. The minimum Gasteiger partial charge on any atom is -0.273 e. The van der Waals surface area contributed by atoms with Gasteiger partial charge >= 0.3 is 6.03 Å². The topological polar surface area (TPSA) is 66.5 Å². The molecule has 0 atom stereocenters. The number of urea groups is 1. The highest BCUT2D eigenvalue weighted by atomic mass is 16.2. The van der Waals surface area contributed by atoms with Crippen LogP contribution in [0.2, 0.25) is 0 Å². The summed E-state index contributed by atoms with van der Waals surface area (Å²) in [6.45, 7) is 9.00. The molecule has 90 valence electrons. The Bertz CT molecular complexity index is 332. The Labute approximate surface area is 95.5 Å². The molecule has 0 unspecified atom stereocenters. The molecule has 5 nitrogen and oxygen atoms in total. The van der Waals surface area contributed by atoms with Crippen LogP contribution in [0, 0.1) is 0 Å². The van der Waals surface area contributed by atoms with Crippen molar-refractivity contribution in [3.63, 3.8) is 0 Å². The van der Waals surface area contributed by atoms with Gasteiger partial charge in [-0.1, -0.05) is 19.9 Å². The maximum absolute atomic E-state index is 11.6. The molecule has 0 spiro atoms. The van der Waals surface area contributed by atoms with Crippen LogP contribution in [-0.4, -0.2) is 28.8 Å². The summed E-state index contributed by atoms with van der Waals surface area (Å²) in [5, 5.41) is 2.10. The van der Waals surface area contributed by atoms with Crippen molar-refractivity contribution in [2.45, 2.75) is 40.7 Å². The summed E-state index contributed by atoms with van der Waals surface area (Å²) in [4.78, 5) is 35.0. The third-order valence-electron chi connectivity index (χ3n) is 1.94. The van der Waals surface area contributed by atoms with Crippen LogP contribution in [-0.2, 0) is 9.59 Å². The second-order valence-electron chi connectivity index (χ2n) is 3.23. The normalized spacial score (nSPS) is 18.5. The molecule has 0 bridgehead atoms. The molecule has 1 aliphatic rings. The van der Waals surface area contributed by atoms with Gasteiger partial charge in [-0.05, 0) is 20.8 Å². The van der Waals surface area contributed by atoms with Crippen LogP contribution in [0.15, 0.2) is 11.6 Å². The molecule has 0 radical (unpaired) electrons. The highest BCUT2D eigenvalue weighted by molar-refractivity contribution is 6.28. The SMILES string of the molecule is C/C=C1/C(=O)NC(=O)N(C(C)C)C1=O.CC. The molecule has 5 heteroatoms. The van der Waals surface area contributed by atoms with E-state index in [1.165, 1.54) is 6.08 Å². The number of carbonyl (C=O) groups excluding carboxylic acids is 3. The van der Waals surface area contributed by atoms with Crippen LogP contribution in [0.1, 0.15) is 34.6 Å². The Kier molecular flexibility index (Phi) is 5.42. The first-order chi connectivity index (χ1) is 7.49. The van der Waals surface area contributed by atoms with Crippen molar-refractivity contribution < 1.29 is 14.4 Å². The first-order valence-electron chi connectivity index (χ1n) is 5.34. The molecule has 0 aromatic heterocycles. The maximum Gasteiger partial charge on any atom is 0.331 e. The number of nitrogens with one attached hydrogen (secondary N) is 1. The fourth-order valence-corrected chi connectivity index (χ4v) is 1.27. The first kappa shape index (κ1) is 14.3. The molecule has 0 aromatic carbocycles. The van der Waals surface area contributed by atoms with Crippen molar-refractivity contribution in [3.8, 4) is 0 Å². The number of hydrogen-bond acceptors (Lipinski definition) is 3. The summed E-state index contributed by atoms with van der Waals surface area (Å²) in [7, 11) is 0. The van der Waals surface area contributed by atoms with E-state index in [1.54, 1.807) is 20.8 Å². The van der Waals surface area contributed by atoms with Gasteiger partial charge in [-0.15, -0.1) is 0 Å². The van der Waals surface area contributed by atoms with Gasteiger partial charge < -0.3 is 0 Å². The smallest absolute Gasteiger partial charge is 0.273 e. The van der Waals surface area contributed by atoms with E-state index in [9.17, 15) is 14.4 Å². The third kappa shape index (κ3) is 2.68. The van der Waals surface area contributed by atoms with Gasteiger partial charge in [0.1, 0.15) is 5.57 Å². The second-order valence-corrected chi connectivity index (χ2v) is 3.23. The van der Waals surface area contributed by atoms with Crippen molar-refractivity contribution in [3.05, 3.63) is 11.6 Å². The lowest BCUT2D eigenvalue weighted by molar-refractivity contribution is -0.131. The van der Waals surface area contributed by atoms with Crippen molar-refractivity contribution in [2.75, 3.05) is 0 Å². The molecule has 16 heavy (non-hydrogen) atoms. The van der Waals surface area contributed by atoms with Crippen molar-refractivity contribution in [2.24, 2.45) is 0 Å². The zero-order valence-electron chi connectivity index (χ0n) is 10.3. The Balaban J connectivity index is 0.00000106. The number of imide groups is 2. The zero-order chi connectivity index (χ0) is 12.9. The third-order valence-corrected chi connectivity index (χ3v) is 1.94. The lowest BCUT2D eigenvalue weighted by Crippen LogP contribution is -2.56. The Hall–Kier alpha value is -1.65. The molecular weight excluding hydrogens is 208 g/mol. The molecule has 1 aliphatic heterocycles. The molecule has 1 saturated heterocycles. The number of allylic oxidation sites excluding steroid dienone is 1. The van der Waals surface area contributed by atoms with Crippen LogP contribution < -0.4 is 5.32 Å². The van der Waals surface area contributed by atoms with Gasteiger partial charge in [0, 0.05) is 6.04 Å². The van der Waals surface area contributed by atoms with E-state index in [0.29, 0.717) is 0 Å². The summed E-state index contributed by atoms with van der Waals surface area (Å²) in [5.41, 5.74) is 0.0123. The highest BCUT2D eigenvalue weighted by Crippen LogP contribution is 2.12. The zero-order valence-corrected chi connectivity index (χ0v) is 10.3. The Morgan fingerprint density at radius 1 is 1.19 bits per heavy atom. The summed E-state index contributed by atoms with van der Waals surface area (Å²) in [6.07, 6.45) is 1.40. The fourth-order valence-electron chi connectivity index (χ4n) is 1.27. The van der Waals surface area contributed by atoms with Gasteiger partial charge in [-0.25, -0.2) is 4.79 Å². The largest absolute Gasteiger partial charge is 0.331 e. The number of carbonyl (C=O) groups is 3. The van der Waals surface area contributed by atoms with Gasteiger partial charge in [0.15, 0.2) is 0 Å². The fraction of sp³-hybridized carbons (Fsp3) is 0.545. The molecule has 1 rings (SSSR count). The standard InChI is InChI=1S/C9H12N2O3.C2H6/c1-4-6-7(12)10-9(14)11(5(2)3)8(6)13;1-2/h4-5H,1-3H3,(H,10,12,14);1-2H3/b6-4-;. The summed E-state index contributed by atoms with van der Waals surface area (Å²) in [6, 6.07) is -0.911.